The van der Waals surface area contributed by atoms with E-state index in [1.54, 1.807) is 13.0 Å². The van der Waals surface area contributed by atoms with Gasteiger partial charge >= 0.3 is 12.4 Å². The highest BCUT2D eigenvalue weighted by Crippen LogP contribution is 2.37. The van der Waals surface area contributed by atoms with Gasteiger partial charge in [0.2, 0.25) is 0 Å². The molecule has 31 heavy (non-hydrogen) atoms. The van der Waals surface area contributed by atoms with E-state index in [9.17, 15) is 35.9 Å². The van der Waals surface area contributed by atoms with E-state index < -0.39 is 46.8 Å². The van der Waals surface area contributed by atoms with Gasteiger partial charge in [0.05, 0.1) is 16.0 Å². The normalized spacial score (nSPS) is 16.0. The van der Waals surface area contributed by atoms with Gasteiger partial charge in [0, 0.05) is 5.56 Å². The lowest BCUT2D eigenvalue weighted by molar-refractivity contribution is -0.143. The zero-order valence-corrected chi connectivity index (χ0v) is 16.5. The average Bonchev–Trinajstić information content (AvgIpc) is 2.97. The van der Waals surface area contributed by atoms with Gasteiger partial charge in [0.25, 0.3) is 11.1 Å². The minimum absolute atomic E-state index is 0.0603. The summed E-state index contributed by atoms with van der Waals surface area (Å²) in [7, 11) is 0. The second-order valence-electron chi connectivity index (χ2n) is 6.53. The van der Waals surface area contributed by atoms with E-state index in [0.29, 0.717) is 17.2 Å². The summed E-state index contributed by atoms with van der Waals surface area (Å²) in [6, 6.07) is 5.86. The molecular weight excluding hydrogens is 448 g/mol. The number of alkyl halides is 6. The largest absolute Gasteiger partial charge is 0.489 e. The van der Waals surface area contributed by atoms with E-state index in [-0.39, 0.29) is 16.7 Å². The van der Waals surface area contributed by atoms with Gasteiger partial charge in [0.15, 0.2) is 0 Å². The smallest absolute Gasteiger partial charge is 0.416 e. The summed E-state index contributed by atoms with van der Waals surface area (Å²) in [5, 5.41) is 1.62. The first kappa shape index (κ1) is 22.7. The Kier molecular flexibility index (Phi) is 6.08. The second kappa shape index (κ2) is 8.29. The summed E-state index contributed by atoms with van der Waals surface area (Å²) in [6.45, 7) is 1.07. The molecule has 0 saturated carbocycles. The van der Waals surface area contributed by atoms with Gasteiger partial charge in [0.1, 0.15) is 12.4 Å². The average molecular weight is 461 g/mol. The molecule has 0 bridgehead atoms. The molecule has 1 saturated heterocycles. The number of benzene rings is 2. The lowest BCUT2D eigenvalue weighted by atomic mass is 10.0. The van der Waals surface area contributed by atoms with E-state index in [0.717, 1.165) is 17.8 Å². The van der Waals surface area contributed by atoms with Gasteiger partial charge in [-0.15, -0.1) is 0 Å². The van der Waals surface area contributed by atoms with Gasteiger partial charge in [-0.3, -0.25) is 14.9 Å². The molecule has 2 amide bonds. The van der Waals surface area contributed by atoms with E-state index in [1.165, 1.54) is 18.2 Å². The van der Waals surface area contributed by atoms with E-state index in [4.69, 9.17) is 4.74 Å². The van der Waals surface area contributed by atoms with Crippen LogP contribution in [0.25, 0.3) is 6.08 Å². The molecule has 3 rings (SSSR count). The summed E-state index contributed by atoms with van der Waals surface area (Å²) < 4.78 is 83.3. The van der Waals surface area contributed by atoms with Crippen LogP contribution in [-0.4, -0.2) is 11.1 Å². The molecule has 0 radical (unpaired) electrons. The Bertz CT molecular complexity index is 1080. The van der Waals surface area contributed by atoms with Crippen molar-refractivity contribution in [2.75, 3.05) is 0 Å². The minimum atomic E-state index is -4.98. The summed E-state index contributed by atoms with van der Waals surface area (Å²) in [5.74, 6) is -0.344. The molecule has 0 unspecified atom stereocenters. The number of thioether (sulfide) groups is 1. The highest BCUT2D eigenvalue weighted by atomic mass is 32.2. The Morgan fingerprint density at radius 1 is 1.00 bits per heavy atom. The quantitative estimate of drug-likeness (QED) is 0.453. The summed E-state index contributed by atoms with van der Waals surface area (Å²) >= 11 is 0.739. The summed E-state index contributed by atoms with van der Waals surface area (Å²) in [5.41, 5.74) is -2.06. The fourth-order valence-electron chi connectivity index (χ4n) is 2.77. The number of nitrogens with one attached hydrogen (secondary N) is 1. The highest BCUT2D eigenvalue weighted by Gasteiger charge is 2.38. The molecule has 1 N–H and O–H groups in total. The zero-order chi connectivity index (χ0) is 23.0. The maximum atomic E-state index is 13.2. The molecule has 0 atom stereocenters. The van der Waals surface area contributed by atoms with Gasteiger partial charge in [-0.25, -0.2) is 0 Å². The molecule has 0 spiro atoms. The van der Waals surface area contributed by atoms with Crippen LogP contribution in [0.2, 0.25) is 0 Å². The first-order valence-corrected chi connectivity index (χ1v) is 9.42. The number of rotatable bonds is 4. The maximum Gasteiger partial charge on any atom is 0.416 e. The minimum Gasteiger partial charge on any atom is -0.489 e. The summed E-state index contributed by atoms with van der Waals surface area (Å²) in [4.78, 5) is 23.0. The van der Waals surface area contributed by atoms with E-state index in [1.807, 2.05) is 0 Å². The Morgan fingerprint density at radius 3 is 2.26 bits per heavy atom. The Balaban J connectivity index is 1.80. The number of carbonyl (C=O) groups is 2. The van der Waals surface area contributed by atoms with E-state index in [2.05, 4.69) is 5.32 Å². The van der Waals surface area contributed by atoms with Crippen LogP contribution in [0.3, 0.4) is 0 Å². The predicted octanol–water partition coefficient (Wildman–Crippen LogP) is 5.94. The molecule has 2 aromatic carbocycles. The first-order valence-electron chi connectivity index (χ1n) is 8.60. The van der Waals surface area contributed by atoms with Crippen LogP contribution in [0.15, 0.2) is 41.3 Å². The standard InChI is InChI=1S/C20H13F6NO3S/c1-10-6-14(5-3-11(10)7-16-17(28)27-18(29)31-16)30-9-12-2-4-13(19(21,22)23)8-15(12)20(24,25)26/h2-8H,9H2,1H3,(H,27,28,29). The van der Waals surface area contributed by atoms with Gasteiger partial charge in [-0.1, -0.05) is 12.1 Å². The molecule has 0 aromatic heterocycles. The van der Waals surface area contributed by atoms with Crippen molar-refractivity contribution in [2.24, 2.45) is 0 Å². The Labute approximate surface area is 176 Å². The van der Waals surface area contributed by atoms with Crippen LogP contribution in [0.4, 0.5) is 31.1 Å². The van der Waals surface area contributed by atoms with Crippen molar-refractivity contribution >= 4 is 29.0 Å². The Morgan fingerprint density at radius 2 is 1.71 bits per heavy atom. The van der Waals surface area contributed by atoms with Crippen molar-refractivity contribution in [3.63, 3.8) is 0 Å². The molecule has 1 aliphatic rings. The van der Waals surface area contributed by atoms with Crippen LogP contribution < -0.4 is 10.1 Å². The van der Waals surface area contributed by atoms with Crippen molar-refractivity contribution < 1.29 is 40.7 Å². The van der Waals surface area contributed by atoms with Crippen molar-refractivity contribution in [1.82, 2.24) is 5.32 Å². The lowest BCUT2D eigenvalue weighted by Crippen LogP contribution is -2.17. The van der Waals surface area contributed by atoms with Crippen LogP contribution in [-0.2, 0) is 23.8 Å². The molecule has 2 aromatic rings. The fourth-order valence-corrected chi connectivity index (χ4v) is 3.44. The molecule has 0 aliphatic carbocycles. The van der Waals surface area contributed by atoms with Crippen LogP contribution in [0.5, 0.6) is 5.75 Å². The molecule has 164 valence electrons. The van der Waals surface area contributed by atoms with Crippen LogP contribution >= 0.6 is 11.8 Å². The number of hydrogen-bond acceptors (Lipinski definition) is 4. The van der Waals surface area contributed by atoms with Crippen LogP contribution in [0.1, 0.15) is 27.8 Å². The number of amides is 2. The predicted molar refractivity (Wildman–Crippen MR) is 101 cm³/mol. The number of hydrogen-bond donors (Lipinski definition) is 1. The highest BCUT2D eigenvalue weighted by molar-refractivity contribution is 8.18. The maximum absolute atomic E-state index is 13.2. The number of carbonyl (C=O) groups excluding carboxylic acids is 2. The van der Waals surface area contributed by atoms with E-state index >= 15 is 0 Å². The van der Waals surface area contributed by atoms with Crippen molar-refractivity contribution in [2.45, 2.75) is 25.9 Å². The lowest BCUT2D eigenvalue weighted by Gasteiger charge is -2.16. The topological polar surface area (TPSA) is 55.4 Å². The fraction of sp³-hybridized carbons (Fsp3) is 0.200. The SMILES string of the molecule is Cc1cc(OCc2ccc(C(F)(F)F)cc2C(F)(F)F)ccc1C=C1SC(=O)NC1=O. The van der Waals surface area contributed by atoms with Crippen molar-refractivity contribution in [1.29, 1.82) is 0 Å². The monoisotopic (exact) mass is 461 g/mol. The number of halogens is 6. The summed E-state index contributed by atoms with van der Waals surface area (Å²) in [6.07, 6.45) is -8.40. The molecule has 1 fully saturated rings. The molecule has 11 heteroatoms. The Hall–Kier alpha value is -2.95. The molecule has 1 aliphatic heterocycles. The van der Waals surface area contributed by atoms with Crippen molar-refractivity contribution in [3.05, 3.63) is 69.1 Å². The van der Waals surface area contributed by atoms with Gasteiger partial charge in [-0.05, 0) is 60.2 Å². The van der Waals surface area contributed by atoms with Crippen LogP contribution in [0, 0.1) is 6.92 Å². The molecule has 1 heterocycles. The second-order valence-corrected chi connectivity index (χ2v) is 7.54. The third-order valence-electron chi connectivity index (χ3n) is 4.31. The molecule has 4 nitrogen and oxygen atoms in total. The zero-order valence-electron chi connectivity index (χ0n) is 15.6. The van der Waals surface area contributed by atoms with Gasteiger partial charge in [-0.2, -0.15) is 26.3 Å². The number of imide groups is 1. The number of ether oxygens (including phenoxy) is 1. The molecular formula is C20H13F6NO3S. The van der Waals surface area contributed by atoms with Crippen molar-refractivity contribution in [3.8, 4) is 5.75 Å². The first-order chi connectivity index (χ1) is 14.3. The third kappa shape index (κ3) is 5.40. The number of aryl methyl sites for hydroxylation is 1. The third-order valence-corrected chi connectivity index (χ3v) is 5.12. The van der Waals surface area contributed by atoms with Gasteiger partial charge < -0.3 is 4.74 Å².